The number of aromatic nitrogens is 2. The summed E-state index contributed by atoms with van der Waals surface area (Å²) in [5, 5.41) is 6.78. The number of anilines is 1. The molecule has 0 saturated heterocycles. The second-order valence-corrected chi connectivity index (χ2v) is 5.98. The van der Waals surface area contributed by atoms with E-state index in [2.05, 4.69) is 15.2 Å². The van der Waals surface area contributed by atoms with Gasteiger partial charge in [0.25, 0.3) is 5.56 Å². The van der Waals surface area contributed by atoms with Crippen LogP contribution < -0.4 is 15.6 Å². The highest BCUT2D eigenvalue weighted by Gasteiger charge is 2.30. The van der Waals surface area contributed by atoms with Crippen molar-refractivity contribution in [2.45, 2.75) is 25.7 Å². The highest BCUT2D eigenvalue weighted by Crippen LogP contribution is 2.24. The van der Waals surface area contributed by atoms with Gasteiger partial charge in [0, 0.05) is 24.7 Å². The average Bonchev–Trinajstić information content (AvgIpc) is 3.18. The fourth-order valence-corrected chi connectivity index (χ4v) is 2.52. The standard InChI is InChI=1S/C19H16F3N3O4/c20-19(21,22)29-14-7-5-13(6-8-14)23-17(26)4-1-11-25-18(27)10-9-15(24-25)16-3-2-12-28-16/h2-3,5-10,12H,1,4,11H2,(H,23,26). The van der Waals surface area contributed by atoms with Gasteiger partial charge in [0.05, 0.1) is 6.26 Å². The predicted octanol–water partition coefficient (Wildman–Crippen LogP) is 3.82. The lowest BCUT2D eigenvalue weighted by molar-refractivity contribution is -0.274. The van der Waals surface area contributed by atoms with Gasteiger partial charge in [-0.05, 0) is 48.9 Å². The maximum Gasteiger partial charge on any atom is 0.573 e. The molecule has 1 amide bonds. The third-order valence-corrected chi connectivity index (χ3v) is 3.79. The SMILES string of the molecule is O=C(CCCn1nc(-c2ccco2)ccc1=O)Nc1ccc(OC(F)(F)F)cc1. The van der Waals surface area contributed by atoms with Crippen LogP contribution in [0.25, 0.3) is 11.5 Å². The Balaban J connectivity index is 1.51. The van der Waals surface area contributed by atoms with Crippen molar-refractivity contribution in [1.29, 1.82) is 0 Å². The molecule has 1 N–H and O–H groups in total. The Morgan fingerprint density at radius 1 is 1.14 bits per heavy atom. The molecule has 29 heavy (non-hydrogen) atoms. The first-order valence-corrected chi connectivity index (χ1v) is 8.58. The zero-order valence-electron chi connectivity index (χ0n) is 15.0. The Labute approximate surface area is 162 Å². The third-order valence-electron chi connectivity index (χ3n) is 3.79. The molecule has 3 rings (SSSR count). The van der Waals surface area contributed by atoms with Crippen LogP contribution >= 0.6 is 0 Å². The van der Waals surface area contributed by atoms with E-state index < -0.39 is 6.36 Å². The molecule has 0 spiro atoms. The van der Waals surface area contributed by atoms with Crippen LogP contribution in [0.2, 0.25) is 0 Å². The number of aryl methyl sites for hydroxylation is 1. The Hall–Kier alpha value is -3.56. The number of carbonyl (C=O) groups is 1. The second kappa shape index (κ2) is 8.63. The van der Waals surface area contributed by atoms with Crippen molar-refractivity contribution in [3.8, 4) is 17.2 Å². The summed E-state index contributed by atoms with van der Waals surface area (Å²) in [4.78, 5) is 23.9. The van der Waals surface area contributed by atoms with Crippen molar-refractivity contribution in [3.63, 3.8) is 0 Å². The normalized spacial score (nSPS) is 11.3. The van der Waals surface area contributed by atoms with Crippen LogP contribution in [-0.4, -0.2) is 22.1 Å². The van der Waals surface area contributed by atoms with E-state index in [4.69, 9.17) is 4.42 Å². The summed E-state index contributed by atoms with van der Waals surface area (Å²) >= 11 is 0. The molecule has 0 bridgehead atoms. The van der Waals surface area contributed by atoms with Crippen LogP contribution in [0.15, 0.2) is 64.0 Å². The fraction of sp³-hybridized carbons (Fsp3) is 0.211. The van der Waals surface area contributed by atoms with Crippen LogP contribution in [0.3, 0.4) is 0 Å². The van der Waals surface area contributed by atoms with Crippen LogP contribution in [0.4, 0.5) is 18.9 Å². The largest absolute Gasteiger partial charge is 0.573 e. The molecule has 0 radical (unpaired) electrons. The summed E-state index contributed by atoms with van der Waals surface area (Å²) in [7, 11) is 0. The summed E-state index contributed by atoms with van der Waals surface area (Å²) in [6.45, 7) is 0.221. The Kier molecular flexibility index (Phi) is 6.01. The van der Waals surface area contributed by atoms with Gasteiger partial charge in [-0.15, -0.1) is 13.2 Å². The molecule has 2 heterocycles. The molecule has 0 aliphatic rings. The zero-order valence-corrected chi connectivity index (χ0v) is 15.0. The quantitative estimate of drug-likeness (QED) is 0.644. The lowest BCUT2D eigenvalue weighted by Gasteiger charge is -2.10. The number of hydrogen-bond donors (Lipinski definition) is 1. The topological polar surface area (TPSA) is 86.4 Å². The molecule has 0 fully saturated rings. The van der Waals surface area contributed by atoms with E-state index in [1.165, 1.54) is 29.1 Å². The zero-order chi connectivity index (χ0) is 20.9. The monoisotopic (exact) mass is 407 g/mol. The van der Waals surface area contributed by atoms with Gasteiger partial charge in [-0.1, -0.05) is 0 Å². The van der Waals surface area contributed by atoms with Crippen molar-refractivity contribution in [2.75, 3.05) is 5.32 Å². The number of benzene rings is 1. The third kappa shape index (κ3) is 5.96. The van der Waals surface area contributed by atoms with Crippen molar-refractivity contribution in [1.82, 2.24) is 9.78 Å². The van der Waals surface area contributed by atoms with E-state index in [1.807, 2.05) is 0 Å². The van der Waals surface area contributed by atoms with Gasteiger partial charge < -0.3 is 14.5 Å². The molecular weight excluding hydrogens is 391 g/mol. The first-order chi connectivity index (χ1) is 13.8. The molecule has 0 saturated carbocycles. The summed E-state index contributed by atoms with van der Waals surface area (Å²) in [6.07, 6.45) is -2.83. The summed E-state index contributed by atoms with van der Waals surface area (Å²) in [5.74, 6) is -0.198. The van der Waals surface area contributed by atoms with Gasteiger partial charge in [-0.3, -0.25) is 9.59 Å². The fourth-order valence-electron chi connectivity index (χ4n) is 2.52. The van der Waals surface area contributed by atoms with E-state index in [-0.39, 0.29) is 30.2 Å². The van der Waals surface area contributed by atoms with Gasteiger partial charge >= 0.3 is 6.36 Å². The molecule has 2 aromatic heterocycles. The molecule has 7 nitrogen and oxygen atoms in total. The van der Waals surface area contributed by atoms with Crippen molar-refractivity contribution in [3.05, 3.63) is 65.1 Å². The van der Waals surface area contributed by atoms with Crippen LogP contribution in [0.5, 0.6) is 5.75 Å². The van der Waals surface area contributed by atoms with Crippen molar-refractivity contribution >= 4 is 11.6 Å². The number of ether oxygens (including phenoxy) is 1. The van der Waals surface area contributed by atoms with E-state index in [9.17, 15) is 22.8 Å². The van der Waals surface area contributed by atoms with Crippen molar-refractivity contribution in [2.24, 2.45) is 0 Å². The van der Waals surface area contributed by atoms with E-state index >= 15 is 0 Å². The number of furan rings is 1. The summed E-state index contributed by atoms with van der Waals surface area (Å²) < 4.78 is 46.7. The molecular formula is C19H16F3N3O4. The number of nitrogens with zero attached hydrogens (tertiary/aromatic N) is 2. The van der Waals surface area contributed by atoms with Crippen LogP contribution in [0, 0.1) is 0 Å². The average molecular weight is 407 g/mol. The van der Waals surface area contributed by atoms with Gasteiger partial charge in [0.15, 0.2) is 5.76 Å². The molecule has 3 aromatic rings. The molecule has 152 valence electrons. The highest BCUT2D eigenvalue weighted by molar-refractivity contribution is 5.90. The molecule has 0 aliphatic carbocycles. The van der Waals surface area contributed by atoms with E-state index in [0.29, 0.717) is 23.6 Å². The lowest BCUT2D eigenvalue weighted by atomic mass is 10.2. The molecule has 0 unspecified atom stereocenters. The number of carbonyl (C=O) groups excluding carboxylic acids is 1. The van der Waals surface area contributed by atoms with Crippen LogP contribution in [0.1, 0.15) is 12.8 Å². The number of nitrogens with one attached hydrogen (secondary N) is 1. The number of halogens is 3. The maximum absolute atomic E-state index is 12.1. The minimum absolute atomic E-state index is 0.0971. The summed E-state index contributed by atoms with van der Waals surface area (Å²) in [5.41, 5.74) is 0.529. The van der Waals surface area contributed by atoms with Gasteiger partial charge in [-0.2, -0.15) is 5.10 Å². The molecule has 0 atom stereocenters. The van der Waals surface area contributed by atoms with Gasteiger partial charge in [0.2, 0.25) is 5.91 Å². The Morgan fingerprint density at radius 3 is 2.55 bits per heavy atom. The van der Waals surface area contributed by atoms with E-state index in [1.54, 1.807) is 18.2 Å². The maximum atomic E-state index is 12.1. The predicted molar refractivity (Wildman–Crippen MR) is 97.2 cm³/mol. The summed E-state index contributed by atoms with van der Waals surface area (Å²) in [6, 6.07) is 11.2. The highest BCUT2D eigenvalue weighted by atomic mass is 19.4. The van der Waals surface area contributed by atoms with Gasteiger partial charge in [-0.25, -0.2) is 4.68 Å². The minimum Gasteiger partial charge on any atom is -0.463 e. The van der Waals surface area contributed by atoms with Crippen LogP contribution in [-0.2, 0) is 11.3 Å². The second-order valence-electron chi connectivity index (χ2n) is 5.98. The van der Waals surface area contributed by atoms with Gasteiger partial charge in [0.1, 0.15) is 11.4 Å². The number of alkyl halides is 3. The Morgan fingerprint density at radius 2 is 1.90 bits per heavy atom. The lowest BCUT2D eigenvalue weighted by Crippen LogP contribution is -2.23. The molecule has 0 aliphatic heterocycles. The minimum atomic E-state index is -4.77. The van der Waals surface area contributed by atoms with E-state index in [0.717, 1.165) is 12.1 Å². The number of rotatable bonds is 7. The smallest absolute Gasteiger partial charge is 0.463 e. The first kappa shape index (κ1) is 20.2. The molecule has 10 heteroatoms. The first-order valence-electron chi connectivity index (χ1n) is 8.58. The molecule has 1 aromatic carbocycles. The Bertz CT molecular complexity index is 1010. The number of amides is 1. The van der Waals surface area contributed by atoms with Crippen molar-refractivity contribution < 1.29 is 27.1 Å². The number of hydrogen-bond acceptors (Lipinski definition) is 5.